The third kappa shape index (κ3) is 6.83. The van der Waals surface area contributed by atoms with E-state index in [-0.39, 0.29) is 5.56 Å². The first-order valence-electron chi connectivity index (χ1n) is 8.37. The van der Waals surface area contributed by atoms with Gasteiger partial charge in [-0.1, -0.05) is 27.7 Å². The molecule has 1 aromatic carbocycles. The van der Waals surface area contributed by atoms with Crippen molar-refractivity contribution in [2.24, 2.45) is 11.8 Å². The third-order valence-electron chi connectivity index (χ3n) is 3.78. The molecule has 0 heterocycles. The predicted molar refractivity (Wildman–Crippen MR) is 126 cm³/mol. The van der Waals surface area contributed by atoms with Crippen LogP contribution in [0.4, 0.5) is 8.78 Å². The number of hydrogen-bond acceptors (Lipinski definition) is 5. The molecule has 0 aromatic heterocycles. The second-order valence-corrected chi connectivity index (χ2v) is 10.3. The number of esters is 2. The van der Waals surface area contributed by atoms with E-state index in [0.717, 1.165) is 7.14 Å². The first-order chi connectivity index (χ1) is 13.2. The van der Waals surface area contributed by atoms with E-state index in [9.17, 15) is 23.2 Å². The van der Waals surface area contributed by atoms with E-state index in [1.807, 2.05) is 51.2 Å². The van der Waals surface area contributed by atoms with Crippen LogP contribution in [0.1, 0.15) is 38.1 Å². The zero-order valence-corrected chi connectivity index (χ0v) is 22.3. The van der Waals surface area contributed by atoms with Crippen LogP contribution in [0.2, 0.25) is 0 Å². The van der Waals surface area contributed by atoms with Crippen LogP contribution in [0, 0.1) is 22.5 Å². The first-order valence-corrected chi connectivity index (χ1v) is 11.6. The number of carbonyl (C=O) groups excluding carboxylic acids is 2. The van der Waals surface area contributed by atoms with Crippen LogP contribution >= 0.6 is 67.8 Å². The largest absolute Gasteiger partial charge is 0.477 e. The van der Waals surface area contributed by atoms with Crippen molar-refractivity contribution in [3.63, 3.8) is 0 Å². The summed E-state index contributed by atoms with van der Waals surface area (Å²) in [6, 6.07) is 3.44. The number of aliphatic carboxylic acids is 1. The van der Waals surface area contributed by atoms with Gasteiger partial charge in [0.25, 0.3) is 0 Å². The highest BCUT2D eigenvalue weighted by molar-refractivity contribution is 14.1. The summed E-state index contributed by atoms with van der Waals surface area (Å²) in [5.74, 6) is -10.3. The summed E-state index contributed by atoms with van der Waals surface area (Å²) < 4.78 is 40.3. The monoisotopic (exact) mass is 750 g/mol. The van der Waals surface area contributed by atoms with Gasteiger partial charge in [-0.2, -0.15) is 8.78 Å². The Morgan fingerprint density at radius 1 is 1.00 bits per heavy atom. The zero-order valence-electron chi connectivity index (χ0n) is 15.8. The fourth-order valence-electron chi connectivity index (χ4n) is 2.28. The van der Waals surface area contributed by atoms with Crippen LogP contribution < -0.4 is 0 Å². The van der Waals surface area contributed by atoms with Crippen molar-refractivity contribution in [1.82, 2.24) is 0 Å². The normalized spacial score (nSPS) is 13.9. The molecule has 29 heavy (non-hydrogen) atoms. The van der Waals surface area contributed by atoms with Gasteiger partial charge in [-0.05, 0) is 85.8 Å². The number of carbonyl (C=O) groups is 3. The summed E-state index contributed by atoms with van der Waals surface area (Å²) in [5.41, 5.74) is 0.233. The highest BCUT2D eigenvalue weighted by Crippen LogP contribution is 2.29. The maximum Gasteiger partial charge on any atom is 0.378 e. The quantitative estimate of drug-likeness (QED) is 0.230. The molecule has 0 saturated heterocycles. The van der Waals surface area contributed by atoms with Crippen molar-refractivity contribution in [2.75, 3.05) is 0 Å². The Balaban J connectivity index is 3.13. The minimum Gasteiger partial charge on any atom is -0.477 e. The van der Waals surface area contributed by atoms with Crippen LogP contribution in [-0.4, -0.2) is 41.1 Å². The van der Waals surface area contributed by atoms with E-state index in [1.165, 1.54) is 13.8 Å². The van der Waals surface area contributed by atoms with E-state index in [4.69, 9.17) is 14.6 Å². The molecule has 2 unspecified atom stereocenters. The van der Waals surface area contributed by atoms with Gasteiger partial charge in [-0.25, -0.2) is 14.4 Å². The summed E-state index contributed by atoms with van der Waals surface area (Å²) in [6.45, 7) is 5.73. The summed E-state index contributed by atoms with van der Waals surface area (Å²) in [6.07, 6.45) is -3.68. The molecule has 6 nitrogen and oxygen atoms in total. The second-order valence-electron chi connectivity index (χ2n) is 6.85. The average Bonchev–Trinajstić information content (AvgIpc) is 2.59. The maximum atomic E-state index is 14.0. The van der Waals surface area contributed by atoms with Crippen LogP contribution in [0.15, 0.2) is 12.1 Å². The maximum absolute atomic E-state index is 14.0. The number of hydrogen-bond donors (Lipinski definition) is 1. The second kappa shape index (κ2) is 10.8. The highest BCUT2D eigenvalue weighted by Gasteiger charge is 2.52. The third-order valence-corrected chi connectivity index (χ3v) is 7.44. The minimum absolute atomic E-state index is 0.233. The average molecular weight is 750 g/mol. The molecule has 0 aliphatic rings. The molecule has 1 aromatic rings. The van der Waals surface area contributed by atoms with Crippen molar-refractivity contribution >= 4 is 85.7 Å². The SMILES string of the molecule is CC(C)C(OC(=O)c1cc(I)cc(I)c1I)C(=O)OC(C(C)C)C(F)(F)C(=O)O. The summed E-state index contributed by atoms with van der Waals surface area (Å²) in [5, 5.41) is 8.77. The summed E-state index contributed by atoms with van der Waals surface area (Å²) >= 11 is 6.06. The molecule has 1 rings (SSSR count). The Bertz CT molecular complexity index is 798. The molecule has 162 valence electrons. The molecule has 1 N–H and O–H groups in total. The Labute approximate surface area is 207 Å². The van der Waals surface area contributed by atoms with Crippen LogP contribution in [-0.2, 0) is 19.1 Å². The van der Waals surface area contributed by atoms with Gasteiger partial charge in [-0.3, -0.25) is 0 Å². The van der Waals surface area contributed by atoms with Gasteiger partial charge in [0.1, 0.15) is 0 Å². The van der Waals surface area contributed by atoms with Crippen molar-refractivity contribution < 1.29 is 37.7 Å². The van der Waals surface area contributed by atoms with Gasteiger partial charge in [-0.15, -0.1) is 0 Å². The Kier molecular flexibility index (Phi) is 9.96. The Hall–Kier alpha value is -0.320. The van der Waals surface area contributed by atoms with E-state index in [2.05, 4.69) is 22.6 Å². The lowest BCUT2D eigenvalue weighted by Gasteiger charge is -2.29. The smallest absolute Gasteiger partial charge is 0.378 e. The van der Waals surface area contributed by atoms with Crippen molar-refractivity contribution in [1.29, 1.82) is 0 Å². The van der Waals surface area contributed by atoms with Gasteiger partial charge >= 0.3 is 23.8 Å². The van der Waals surface area contributed by atoms with Crippen LogP contribution in [0.25, 0.3) is 0 Å². The molecular weight excluding hydrogens is 731 g/mol. The van der Waals surface area contributed by atoms with Crippen molar-refractivity contribution in [3.05, 3.63) is 28.4 Å². The molecule has 0 aliphatic carbocycles. The van der Waals surface area contributed by atoms with E-state index in [1.54, 1.807) is 19.9 Å². The lowest BCUT2D eigenvalue weighted by Crippen LogP contribution is -2.49. The van der Waals surface area contributed by atoms with Crippen molar-refractivity contribution in [2.45, 2.75) is 45.8 Å². The van der Waals surface area contributed by atoms with Gasteiger partial charge in [0.15, 0.2) is 6.10 Å². The fourth-order valence-corrected chi connectivity index (χ4v) is 4.66. The molecule has 0 saturated carbocycles. The molecule has 0 bridgehead atoms. The molecular formula is C18H19F2I3O6. The minimum atomic E-state index is -4.28. The number of carboxylic acids is 1. The number of benzene rings is 1. The van der Waals surface area contributed by atoms with E-state index in [0.29, 0.717) is 3.57 Å². The summed E-state index contributed by atoms with van der Waals surface area (Å²) in [7, 11) is 0. The molecule has 0 amide bonds. The highest BCUT2D eigenvalue weighted by atomic mass is 127. The van der Waals surface area contributed by atoms with Gasteiger partial charge in [0, 0.05) is 16.6 Å². The lowest BCUT2D eigenvalue weighted by molar-refractivity contribution is -0.204. The predicted octanol–water partition coefficient (Wildman–Crippen LogP) is 4.97. The number of ether oxygens (including phenoxy) is 2. The molecule has 0 aliphatic heterocycles. The number of halogens is 5. The molecule has 0 radical (unpaired) electrons. The van der Waals surface area contributed by atoms with E-state index >= 15 is 0 Å². The van der Waals surface area contributed by atoms with Gasteiger partial charge in [0.2, 0.25) is 6.10 Å². The Morgan fingerprint density at radius 3 is 2.00 bits per heavy atom. The van der Waals surface area contributed by atoms with Gasteiger partial charge < -0.3 is 14.6 Å². The molecule has 0 fully saturated rings. The lowest BCUT2D eigenvalue weighted by atomic mass is 10.00. The van der Waals surface area contributed by atoms with Crippen LogP contribution in [0.5, 0.6) is 0 Å². The molecule has 0 spiro atoms. The standard InChI is InChI=1S/C18H19F2I3O6/c1-7(2)13(16(25)29-14(8(3)4)18(19,20)17(26)27)28-15(24)10-5-9(21)6-11(22)12(10)23/h5-8,13-14H,1-4H3,(H,26,27). The number of rotatable bonds is 8. The number of alkyl halides is 2. The van der Waals surface area contributed by atoms with Gasteiger partial charge in [0.05, 0.1) is 5.56 Å². The zero-order chi connectivity index (χ0) is 22.7. The van der Waals surface area contributed by atoms with E-state index < -0.39 is 47.9 Å². The molecule has 11 heteroatoms. The summed E-state index contributed by atoms with van der Waals surface area (Å²) in [4.78, 5) is 36.0. The van der Waals surface area contributed by atoms with Crippen molar-refractivity contribution in [3.8, 4) is 0 Å². The fraction of sp³-hybridized carbons (Fsp3) is 0.500. The Morgan fingerprint density at radius 2 is 1.55 bits per heavy atom. The number of carboxylic acid groups (broad SMARTS) is 1. The van der Waals surface area contributed by atoms with Crippen LogP contribution in [0.3, 0.4) is 0 Å². The topological polar surface area (TPSA) is 89.9 Å². The molecule has 2 atom stereocenters. The first kappa shape index (κ1) is 26.7.